The molecule has 0 bridgehead atoms. The third kappa shape index (κ3) is 3.19. The molecule has 0 spiro atoms. The van der Waals surface area contributed by atoms with Gasteiger partial charge in [-0.3, -0.25) is 9.69 Å². The van der Waals surface area contributed by atoms with Gasteiger partial charge in [0, 0.05) is 15.9 Å². The third-order valence-electron chi connectivity index (χ3n) is 4.99. The van der Waals surface area contributed by atoms with Crippen molar-refractivity contribution in [2.45, 2.75) is 19.0 Å². The summed E-state index contributed by atoms with van der Waals surface area (Å²) in [5.74, 6) is -0.439. The molecular weight excluding hydrogens is 438 g/mol. The van der Waals surface area contributed by atoms with Crippen LogP contribution in [0.15, 0.2) is 62.2 Å². The topological polar surface area (TPSA) is 103 Å². The Kier molecular flexibility index (Phi) is 4.47. The van der Waals surface area contributed by atoms with E-state index in [0.29, 0.717) is 27.7 Å². The number of nitriles is 1. The molecular formula is C21H14BrN3O4. The molecule has 2 aromatic carbocycles. The summed E-state index contributed by atoms with van der Waals surface area (Å²) in [7, 11) is 0. The third-order valence-corrected chi connectivity index (χ3v) is 5.48. The van der Waals surface area contributed by atoms with Crippen molar-refractivity contribution in [1.82, 2.24) is 10.2 Å². The number of halogens is 1. The lowest BCUT2D eigenvalue weighted by molar-refractivity contribution is -0.131. The van der Waals surface area contributed by atoms with E-state index in [4.69, 9.17) is 9.68 Å². The Morgan fingerprint density at radius 3 is 2.55 bits per heavy atom. The average Bonchev–Trinajstić information content (AvgIpc) is 2.91. The van der Waals surface area contributed by atoms with Crippen molar-refractivity contribution in [1.29, 1.82) is 5.26 Å². The summed E-state index contributed by atoms with van der Waals surface area (Å²) in [5, 5.41) is 12.3. The standard InChI is InChI=1S/C21H14BrN3O4/c1-21(14-4-2-12(10-23)3-5-14)19(27)25(20(28)24-21)11-13-8-18(26)29-17-9-15(22)6-7-16(13)17/h2-9H,11H2,1H3,(H,24,28). The van der Waals surface area contributed by atoms with Gasteiger partial charge >= 0.3 is 11.7 Å². The van der Waals surface area contributed by atoms with Crippen LogP contribution in [0, 0.1) is 11.3 Å². The van der Waals surface area contributed by atoms with Gasteiger partial charge in [0.25, 0.3) is 5.91 Å². The number of carbonyl (C=O) groups excluding carboxylic acids is 2. The van der Waals surface area contributed by atoms with Crippen LogP contribution in [0.4, 0.5) is 4.79 Å². The number of nitrogens with one attached hydrogen (secondary N) is 1. The fraction of sp³-hybridized carbons (Fsp3) is 0.143. The Labute approximate surface area is 173 Å². The van der Waals surface area contributed by atoms with Gasteiger partial charge in [-0.15, -0.1) is 0 Å². The van der Waals surface area contributed by atoms with E-state index in [-0.39, 0.29) is 6.54 Å². The van der Waals surface area contributed by atoms with Crippen molar-refractivity contribution in [3.63, 3.8) is 0 Å². The molecule has 0 radical (unpaired) electrons. The monoisotopic (exact) mass is 451 g/mol. The summed E-state index contributed by atoms with van der Waals surface area (Å²) < 4.78 is 5.96. The predicted molar refractivity (Wildman–Crippen MR) is 108 cm³/mol. The van der Waals surface area contributed by atoms with Crippen molar-refractivity contribution in [2.24, 2.45) is 0 Å². The number of urea groups is 1. The van der Waals surface area contributed by atoms with Crippen LogP contribution in [0.25, 0.3) is 11.0 Å². The van der Waals surface area contributed by atoms with E-state index in [1.165, 1.54) is 6.07 Å². The molecule has 1 fully saturated rings. The second kappa shape index (κ2) is 6.87. The first-order chi connectivity index (χ1) is 13.8. The minimum Gasteiger partial charge on any atom is -0.423 e. The Morgan fingerprint density at radius 2 is 1.86 bits per heavy atom. The van der Waals surface area contributed by atoms with Crippen molar-refractivity contribution >= 4 is 38.8 Å². The van der Waals surface area contributed by atoms with Crippen LogP contribution < -0.4 is 10.9 Å². The van der Waals surface area contributed by atoms with E-state index in [0.717, 1.165) is 9.37 Å². The molecule has 3 aromatic rings. The van der Waals surface area contributed by atoms with E-state index in [1.54, 1.807) is 49.4 Å². The normalized spacial score (nSPS) is 18.7. The highest BCUT2D eigenvalue weighted by Crippen LogP contribution is 2.31. The number of fused-ring (bicyclic) bond motifs is 1. The zero-order valence-corrected chi connectivity index (χ0v) is 16.8. The second-order valence-electron chi connectivity index (χ2n) is 6.87. The summed E-state index contributed by atoms with van der Waals surface area (Å²) in [6.45, 7) is 1.55. The molecule has 4 rings (SSSR count). The lowest BCUT2D eigenvalue weighted by atomic mass is 9.91. The van der Waals surface area contributed by atoms with E-state index < -0.39 is 23.1 Å². The van der Waals surface area contributed by atoms with Crippen LogP contribution in [0.3, 0.4) is 0 Å². The molecule has 2 heterocycles. The van der Waals surface area contributed by atoms with Crippen molar-refractivity contribution in [2.75, 3.05) is 0 Å². The number of rotatable bonds is 3. The Bertz CT molecular complexity index is 1260. The van der Waals surface area contributed by atoms with Gasteiger partial charge in [0.1, 0.15) is 11.1 Å². The number of amides is 3. The first-order valence-electron chi connectivity index (χ1n) is 8.69. The molecule has 0 saturated carbocycles. The lowest BCUT2D eigenvalue weighted by Crippen LogP contribution is -2.40. The van der Waals surface area contributed by atoms with Gasteiger partial charge in [-0.25, -0.2) is 9.59 Å². The molecule has 144 valence electrons. The summed E-state index contributed by atoms with van der Waals surface area (Å²) in [6.07, 6.45) is 0. The predicted octanol–water partition coefficient (Wildman–Crippen LogP) is 3.39. The maximum absolute atomic E-state index is 13.1. The Morgan fingerprint density at radius 1 is 1.14 bits per heavy atom. The van der Waals surface area contributed by atoms with Crippen LogP contribution in [-0.4, -0.2) is 16.8 Å². The molecule has 3 amide bonds. The smallest absolute Gasteiger partial charge is 0.336 e. The van der Waals surface area contributed by atoms with Gasteiger partial charge in [0.15, 0.2) is 0 Å². The molecule has 1 aromatic heterocycles. The van der Waals surface area contributed by atoms with E-state index in [9.17, 15) is 14.4 Å². The highest BCUT2D eigenvalue weighted by molar-refractivity contribution is 9.10. The maximum atomic E-state index is 13.1. The van der Waals surface area contributed by atoms with Crippen molar-refractivity contribution < 1.29 is 14.0 Å². The van der Waals surface area contributed by atoms with E-state index in [2.05, 4.69) is 21.2 Å². The zero-order chi connectivity index (χ0) is 20.8. The quantitative estimate of drug-likeness (QED) is 0.485. The largest absolute Gasteiger partial charge is 0.423 e. The highest BCUT2D eigenvalue weighted by Gasteiger charge is 2.49. The highest BCUT2D eigenvalue weighted by atomic mass is 79.9. The average molecular weight is 452 g/mol. The summed E-state index contributed by atoms with van der Waals surface area (Å²) >= 11 is 3.33. The molecule has 29 heavy (non-hydrogen) atoms. The fourth-order valence-corrected chi connectivity index (χ4v) is 3.76. The Hall–Kier alpha value is -3.44. The number of carbonyl (C=O) groups is 2. The molecule has 0 aliphatic carbocycles. The van der Waals surface area contributed by atoms with Gasteiger partial charge in [0.05, 0.1) is 18.2 Å². The van der Waals surface area contributed by atoms with Gasteiger partial charge < -0.3 is 9.73 Å². The van der Waals surface area contributed by atoms with Crippen LogP contribution in [-0.2, 0) is 16.9 Å². The maximum Gasteiger partial charge on any atom is 0.336 e. The summed E-state index contributed by atoms with van der Waals surface area (Å²) in [6, 6.07) is 14.4. The zero-order valence-electron chi connectivity index (χ0n) is 15.2. The minimum absolute atomic E-state index is 0.0692. The van der Waals surface area contributed by atoms with Crippen LogP contribution in [0.2, 0.25) is 0 Å². The van der Waals surface area contributed by atoms with Gasteiger partial charge in [-0.05, 0) is 48.4 Å². The molecule has 1 aliphatic rings. The van der Waals surface area contributed by atoms with Gasteiger partial charge in [0.2, 0.25) is 0 Å². The van der Waals surface area contributed by atoms with E-state index in [1.807, 2.05) is 6.07 Å². The van der Waals surface area contributed by atoms with Gasteiger partial charge in [-0.2, -0.15) is 5.26 Å². The van der Waals surface area contributed by atoms with Crippen LogP contribution >= 0.6 is 15.9 Å². The molecule has 1 N–H and O–H groups in total. The van der Waals surface area contributed by atoms with E-state index >= 15 is 0 Å². The lowest BCUT2D eigenvalue weighted by Gasteiger charge is -2.22. The number of benzene rings is 2. The molecule has 1 aliphatic heterocycles. The number of hydrogen-bond acceptors (Lipinski definition) is 5. The molecule has 8 heteroatoms. The van der Waals surface area contributed by atoms with Crippen LogP contribution in [0.5, 0.6) is 0 Å². The first kappa shape index (κ1) is 18.9. The molecule has 1 unspecified atom stereocenters. The first-order valence-corrected chi connectivity index (χ1v) is 9.48. The Balaban J connectivity index is 1.71. The number of hydrogen-bond donors (Lipinski definition) is 1. The molecule has 1 saturated heterocycles. The number of imide groups is 1. The number of nitrogens with zero attached hydrogens (tertiary/aromatic N) is 2. The minimum atomic E-state index is -1.26. The fourth-order valence-electron chi connectivity index (χ4n) is 3.42. The molecule has 7 nitrogen and oxygen atoms in total. The molecule has 1 atom stereocenters. The van der Waals surface area contributed by atoms with Crippen molar-refractivity contribution in [3.05, 3.63) is 80.1 Å². The summed E-state index contributed by atoms with van der Waals surface area (Å²) in [5.41, 5.74) is 0.0783. The second-order valence-corrected chi connectivity index (χ2v) is 7.78. The van der Waals surface area contributed by atoms with Crippen molar-refractivity contribution in [3.8, 4) is 6.07 Å². The van der Waals surface area contributed by atoms with Crippen LogP contribution in [0.1, 0.15) is 23.6 Å². The SMILES string of the molecule is CC1(c2ccc(C#N)cc2)NC(=O)N(Cc2cc(=O)oc3cc(Br)ccc23)C1=O. The van der Waals surface area contributed by atoms with Gasteiger partial charge in [-0.1, -0.05) is 28.1 Å². The summed E-state index contributed by atoms with van der Waals surface area (Å²) in [4.78, 5) is 38.8.